The van der Waals surface area contributed by atoms with Gasteiger partial charge in [-0.3, -0.25) is 9.59 Å². The molecule has 0 aliphatic rings. The zero-order chi connectivity index (χ0) is 17.5. The molecule has 4 nitrogen and oxygen atoms in total. The molecule has 6 heteroatoms. The molecule has 0 aliphatic heterocycles. The van der Waals surface area contributed by atoms with E-state index in [2.05, 4.69) is 10.6 Å². The van der Waals surface area contributed by atoms with Gasteiger partial charge >= 0.3 is 0 Å². The number of anilines is 2. The van der Waals surface area contributed by atoms with Crippen molar-refractivity contribution in [2.75, 3.05) is 10.6 Å². The molecule has 0 saturated heterocycles. The van der Waals surface area contributed by atoms with Gasteiger partial charge < -0.3 is 10.6 Å². The van der Waals surface area contributed by atoms with Crippen LogP contribution in [0.4, 0.5) is 15.8 Å². The Bertz CT molecular complexity index is 732. The van der Waals surface area contributed by atoms with Crippen LogP contribution in [0.2, 0.25) is 5.02 Å². The highest BCUT2D eigenvalue weighted by Crippen LogP contribution is 2.20. The highest BCUT2D eigenvalue weighted by atomic mass is 35.5. The zero-order valence-electron chi connectivity index (χ0n) is 13.2. The lowest BCUT2D eigenvalue weighted by atomic mass is 10.1. The maximum atomic E-state index is 13.8. The van der Waals surface area contributed by atoms with Gasteiger partial charge in [-0.15, -0.1) is 0 Å². The van der Waals surface area contributed by atoms with E-state index < -0.39 is 5.82 Å². The summed E-state index contributed by atoms with van der Waals surface area (Å²) in [6.07, 6.45) is 1.64. The molecule has 0 fully saturated rings. The van der Waals surface area contributed by atoms with E-state index in [1.54, 1.807) is 12.1 Å². The number of rotatable bonds is 6. The number of benzene rings is 2. The van der Waals surface area contributed by atoms with Crippen molar-refractivity contribution < 1.29 is 14.0 Å². The molecule has 126 valence electrons. The van der Waals surface area contributed by atoms with Crippen molar-refractivity contribution >= 4 is 34.8 Å². The predicted molar refractivity (Wildman–Crippen MR) is 93.7 cm³/mol. The second-order valence-corrected chi connectivity index (χ2v) is 5.84. The van der Waals surface area contributed by atoms with Crippen molar-refractivity contribution in [1.82, 2.24) is 0 Å². The third-order valence-corrected chi connectivity index (χ3v) is 3.60. The van der Waals surface area contributed by atoms with Crippen LogP contribution in [0.3, 0.4) is 0 Å². The molecule has 0 heterocycles. The average Bonchev–Trinajstić information content (AvgIpc) is 2.52. The first kappa shape index (κ1) is 17.9. The standard InChI is InChI=1S/C18H18ClFN2O2/c1-12(23)21-15-9-10-16(20)17(11-15)22-18(24)4-2-3-13-5-7-14(19)8-6-13/h5-11H,2-4H2,1H3,(H,21,23)(H,22,24). The van der Waals surface area contributed by atoms with E-state index in [9.17, 15) is 14.0 Å². The van der Waals surface area contributed by atoms with Gasteiger partial charge in [0.15, 0.2) is 0 Å². The van der Waals surface area contributed by atoms with E-state index in [1.165, 1.54) is 25.1 Å². The van der Waals surface area contributed by atoms with Crippen LogP contribution in [0.25, 0.3) is 0 Å². The molecular weight excluding hydrogens is 331 g/mol. The Hall–Kier alpha value is -2.40. The first-order valence-electron chi connectivity index (χ1n) is 7.55. The molecule has 0 spiro atoms. The second kappa shape index (κ2) is 8.45. The number of carbonyl (C=O) groups is 2. The molecule has 0 aliphatic carbocycles. The number of carbonyl (C=O) groups excluding carboxylic acids is 2. The van der Waals surface area contributed by atoms with Gasteiger partial charge in [0.2, 0.25) is 11.8 Å². The van der Waals surface area contributed by atoms with Crippen LogP contribution in [0.1, 0.15) is 25.3 Å². The fraction of sp³-hybridized carbons (Fsp3) is 0.222. The number of nitrogens with one attached hydrogen (secondary N) is 2. The van der Waals surface area contributed by atoms with E-state index in [-0.39, 0.29) is 23.9 Å². The molecule has 0 unspecified atom stereocenters. The van der Waals surface area contributed by atoms with Gasteiger partial charge in [0.05, 0.1) is 5.69 Å². The lowest BCUT2D eigenvalue weighted by Gasteiger charge is -2.09. The summed E-state index contributed by atoms with van der Waals surface area (Å²) in [5, 5.41) is 5.75. The van der Waals surface area contributed by atoms with Gasteiger partial charge in [0, 0.05) is 24.1 Å². The van der Waals surface area contributed by atoms with Crippen LogP contribution < -0.4 is 10.6 Å². The lowest BCUT2D eigenvalue weighted by Crippen LogP contribution is -2.13. The summed E-state index contributed by atoms with van der Waals surface area (Å²) in [5.74, 6) is -1.08. The summed E-state index contributed by atoms with van der Waals surface area (Å²) < 4.78 is 13.8. The number of amides is 2. The summed E-state index contributed by atoms with van der Waals surface area (Å²) in [6, 6.07) is 11.5. The molecule has 0 saturated carbocycles. The fourth-order valence-electron chi connectivity index (χ4n) is 2.22. The third kappa shape index (κ3) is 5.66. The molecule has 0 atom stereocenters. The average molecular weight is 349 g/mol. The minimum atomic E-state index is -0.546. The van der Waals surface area contributed by atoms with Crippen molar-refractivity contribution in [2.24, 2.45) is 0 Å². The molecule has 2 aromatic rings. The summed E-state index contributed by atoms with van der Waals surface area (Å²) in [4.78, 5) is 23.0. The van der Waals surface area contributed by atoms with Crippen molar-refractivity contribution in [1.29, 1.82) is 0 Å². The van der Waals surface area contributed by atoms with Crippen molar-refractivity contribution in [3.63, 3.8) is 0 Å². The van der Waals surface area contributed by atoms with Gasteiger partial charge in [-0.05, 0) is 48.7 Å². The van der Waals surface area contributed by atoms with Crippen LogP contribution in [-0.2, 0) is 16.0 Å². The minimum Gasteiger partial charge on any atom is -0.326 e. The van der Waals surface area contributed by atoms with E-state index in [4.69, 9.17) is 11.6 Å². The van der Waals surface area contributed by atoms with Gasteiger partial charge in [0.1, 0.15) is 5.82 Å². The molecule has 0 aromatic heterocycles. The topological polar surface area (TPSA) is 58.2 Å². The normalized spacial score (nSPS) is 10.3. The quantitative estimate of drug-likeness (QED) is 0.813. The Kier molecular flexibility index (Phi) is 6.32. The number of hydrogen-bond donors (Lipinski definition) is 2. The first-order chi connectivity index (χ1) is 11.4. The summed E-state index contributed by atoms with van der Waals surface area (Å²) in [5.41, 5.74) is 1.57. The second-order valence-electron chi connectivity index (χ2n) is 5.40. The molecular formula is C18H18ClFN2O2. The van der Waals surface area contributed by atoms with Gasteiger partial charge in [0.25, 0.3) is 0 Å². The maximum Gasteiger partial charge on any atom is 0.224 e. The van der Waals surface area contributed by atoms with E-state index in [1.807, 2.05) is 12.1 Å². The summed E-state index contributed by atoms with van der Waals surface area (Å²) in [7, 11) is 0. The first-order valence-corrected chi connectivity index (χ1v) is 7.93. The Labute approximate surface area is 145 Å². The molecule has 0 bridgehead atoms. The van der Waals surface area contributed by atoms with Crippen molar-refractivity contribution in [3.05, 3.63) is 58.9 Å². The van der Waals surface area contributed by atoms with E-state index in [0.717, 1.165) is 12.0 Å². The Balaban J connectivity index is 1.87. The molecule has 2 amide bonds. The van der Waals surface area contributed by atoms with Gasteiger partial charge in [-0.2, -0.15) is 0 Å². The van der Waals surface area contributed by atoms with Crippen molar-refractivity contribution in [3.8, 4) is 0 Å². The highest BCUT2D eigenvalue weighted by molar-refractivity contribution is 6.30. The van der Waals surface area contributed by atoms with Crippen LogP contribution in [0.5, 0.6) is 0 Å². The molecule has 24 heavy (non-hydrogen) atoms. The summed E-state index contributed by atoms with van der Waals surface area (Å²) >= 11 is 5.82. The van der Waals surface area contributed by atoms with Crippen molar-refractivity contribution in [2.45, 2.75) is 26.2 Å². The fourth-order valence-corrected chi connectivity index (χ4v) is 2.34. The van der Waals surface area contributed by atoms with Gasteiger partial charge in [-0.25, -0.2) is 4.39 Å². The summed E-state index contributed by atoms with van der Waals surface area (Å²) in [6.45, 7) is 1.36. The van der Waals surface area contributed by atoms with Gasteiger partial charge in [-0.1, -0.05) is 23.7 Å². The van der Waals surface area contributed by atoms with Crippen LogP contribution in [0, 0.1) is 5.82 Å². The number of hydrogen-bond acceptors (Lipinski definition) is 2. The number of aryl methyl sites for hydroxylation is 1. The molecule has 2 rings (SSSR count). The Morgan fingerprint density at radius 1 is 1.08 bits per heavy atom. The monoisotopic (exact) mass is 348 g/mol. The van der Waals surface area contributed by atoms with E-state index >= 15 is 0 Å². The smallest absolute Gasteiger partial charge is 0.224 e. The molecule has 0 radical (unpaired) electrons. The zero-order valence-corrected chi connectivity index (χ0v) is 14.0. The largest absolute Gasteiger partial charge is 0.326 e. The minimum absolute atomic E-state index is 0.0535. The number of halogens is 2. The Morgan fingerprint density at radius 2 is 1.79 bits per heavy atom. The molecule has 2 aromatic carbocycles. The highest BCUT2D eigenvalue weighted by Gasteiger charge is 2.09. The van der Waals surface area contributed by atoms with Crippen LogP contribution >= 0.6 is 11.6 Å². The SMILES string of the molecule is CC(=O)Nc1ccc(F)c(NC(=O)CCCc2ccc(Cl)cc2)c1. The van der Waals surface area contributed by atoms with Crippen LogP contribution in [0.15, 0.2) is 42.5 Å². The molecule has 2 N–H and O–H groups in total. The van der Waals surface area contributed by atoms with Crippen LogP contribution in [-0.4, -0.2) is 11.8 Å². The predicted octanol–water partition coefficient (Wildman–Crippen LogP) is 4.40. The third-order valence-electron chi connectivity index (χ3n) is 3.34. The van der Waals surface area contributed by atoms with E-state index in [0.29, 0.717) is 17.1 Å². The Morgan fingerprint density at radius 3 is 2.46 bits per heavy atom. The maximum absolute atomic E-state index is 13.8. The lowest BCUT2D eigenvalue weighted by molar-refractivity contribution is -0.116.